The van der Waals surface area contributed by atoms with Crippen molar-refractivity contribution < 1.29 is 9.47 Å². The minimum absolute atomic E-state index is 0.134. The maximum Gasteiger partial charge on any atom is 0.0991 e. The maximum atomic E-state index is 5.42. The number of hydrogen-bond donors (Lipinski definition) is 0. The van der Waals surface area contributed by atoms with E-state index in [1.807, 2.05) is 0 Å². The summed E-state index contributed by atoms with van der Waals surface area (Å²) in [5.41, 5.74) is 0.134. The van der Waals surface area contributed by atoms with E-state index in [0.29, 0.717) is 0 Å². The second-order valence-electron chi connectivity index (χ2n) is 2.92. The van der Waals surface area contributed by atoms with Gasteiger partial charge in [-0.3, -0.25) is 0 Å². The summed E-state index contributed by atoms with van der Waals surface area (Å²) in [4.78, 5) is 0. The summed E-state index contributed by atoms with van der Waals surface area (Å²) >= 11 is 0. The lowest BCUT2D eigenvalue weighted by molar-refractivity contribution is 0.202. The fourth-order valence-corrected chi connectivity index (χ4v) is 1.82. The maximum absolute atomic E-state index is 5.42. The van der Waals surface area contributed by atoms with Crippen LogP contribution in [0, 0.1) is 0 Å². The third-order valence-corrected chi connectivity index (χ3v) is 2.60. The van der Waals surface area contributed by atoms with Crippen LogP contribution in [0.15, 0.2) is 23.7 Å². The van der Waals surface area contributed by atoms with Gasteiger partial charge in [-0.1, -0.05) is 0 Å². The average Bonchev–Trinajstić information content (AvgIpc) is 2.77. The van der Waals surface area contributed by atoms with Crippen LogP contribution in [-0.2, 0) is 9.47 Å². The Balaban J connectivity index is 2.03. The van der Waals surface area contributed by atoms with E-state index in [1.54, 1.807) is 0 Å². The van der Waals surface area contributed by atoms with E-state index in [1.165, 1.54) is 0 Å². The van der Waals surface area contributed by atoms with Crippen LogP contribution in [0.2, 0.25) is 5.54 Å². The van der Waals surface area contributed by atoms with Crippen molar-refractivity contribution >= 4 is 10.2 Å². The molecule has 0 fully saturated rings. The van der Waals surface area contributed by atoms with Crippen LogP contribution >= 0.6 is 0 Å². The minimum Gasteiger partial charge on any atom is -0.498 e. The fourth-order valence-electron chi connectivity index (χ4n) is 1.42. The summed E-state index contributed by atoms with van der Waals surface area (Å²) in [6.07, 6.45) is 6.26. The van der Waals surface area contributed by atoms with Gasteiger partial charge in [-0.15, -0.1) is 0 Å². The molecule has 0 atom stereocenters. The highest BCUT2D eigenvalue weighted by molar-refractivity contribution is 6.15. The van der Waals surface area contributed by atoms with E-state index in [0.717, 1.165) is 37.6 Å². The Kier molecular flexibility index (Phi) is 2.21. The predicted molar refractivity (Wildman–Crippen MR) is 46.8 cm³/mol. The Labute approximate surface area is 75.7 Å². The van der Waals surface area contributed by atoms with Crippen molar-refractivity contribution in [2.45, 2.75) is 18.4 Å². The van der Waals surface area contributed by atoms with Gasteiger partial charge < -0.3 is 9.47 Å². The van der Waals surface area contributed by atoms with Gasteiger partial charge in [0.05, 0.1) is 30.3 Å². The highest BCUT2D eigenvalue weighted by Crippen LogP contribution is 2.31. The van der Waals surface area contributed by atoms with Crippen molar-refractivity contribution in [3.8, 4) is 0 Å². The van der Waals surface area contributed by atoms with Gasteiger partial charge in [-0.2, -0.15) is 0 Å². The number of hydrogen-bond acceptors (Lipinski definition) is 2. The standard InChI is InChI=1S/C9H11O2Si/c12-9(7-3-1-5-10-7)8-4-2-6-11-8/h3-4,9H,1-2,5-6H2. The van der Waals surface area contributed by atoms with E-state index < -0.39 is 0 Å². The summed E-state index contributed by atoms with van der Waals surface area (Å²) in [5, 5.41) is 0. The van der Waals surface area contributed by atoms with Crippen molar-refractivity contribution in [2.75, 3.05) is 13.2 Å². The summed E-state index contributed by atoms with van der Waals surface area (Å²) in [7, 11) is 3.60. The van der Waals surface area contributed by atoms with Crippen LogP contribution in [0.25, 0.3) is 0 Å². The third-order valence-electron chi connectivity index (χ3n) is 2.03. The highest BCUT2D eigenvalue weighted by atomic mass is 28.1. The Bertz CT molecular complexity index is 209. The Morgan fingerprint density at radius 3 is 1.92 bits per heavy atom. The molecule has 0 spiro atoms. The summed E-state index contributed by atoms with van der Waals surface area (Å²) in [5.74, 6) is 2.00. The largest absolute Gasteiger partial charge is 0.498 e. The van der Waals surface area contributed by atoms with Gasteiger partial charge in [0, 0.05) is 23.1 Å². The monoisotopic (exact) mass is 179 g/mol. The molecular formula is C9H11O2Si. The molecule has 0 aromatic rings. The second kappa shape index (κ2) is 3.35. The third kappa shape index (κ3) is 1.41. The molecule has 2 heterocycles. The molecule has 0 aromatic heterocycles. The zero-order chi connectivity index (χ0) is 8.39. The molecule has 2 nitrogen and oxygen atoms in total. The molecule has 0 amide bonds. The van der Waals surface area contributed by atoms with Gasteiger partial charge in [0.15, 0.2) is 0 Å². The Morgan fingerprint density at radius 2 is 1.58 bits per heavy atom. The molecule has 3 heteroatoms. The molecule has 0 aromatic carbocycles. The van der Waals surface area contributed by atoms with Gasteiger partial charge in [-0.25, -0.2) is 0 Å². The quantitative estimate of drug-likeness (QED) is 0.599. The zero-order valence-electron chi connectivity index (χ0n) is 6.88. The average molecular weight is 179 g/mol. The molecule has 0 saturated carbocycles. The first-order valence-corrected chi connectivity index (χ1v) is 4.82. The van der Waals surface area contributed by atoms with E-state index in [-0.39, 0.29) is 5.54 Å². The lowest BCUT2D eigenvalue weighted by Crippen LogP contribution is -2.02. The van der Waals surface area contributed by atoms with E-state index in [4.69, 9.17) is 9.47 Å². The predicted octanol–water partition coefficient (Wildman–Crippen LogP) is 1.55. The molecule has 0 saturated heterocycles. The molecule has 63 valence electrons. The number of ether oxygens (including phenoxy) is 2. The van der Waals surface area contributed by atoms with Crippen LogP contribution in [0.4, 0.5) is 0 Å². The Hall–Kier alpha value is -0.703. The lowest BCUT2D eigenvalue weighted by atomic mass is 10.2. The molecule has 0 bridgehead atoms. The molecule has 2 aliphatic heterocycles. The smallest absolute Gasteiger partial charge is 0.0991 e. The summed E-state index contributed by atoms with van der Waals surface area (Å²) in [6, 6.07) is 0. The van der Waals surface area contributed by atoms with Crippen LogP contribution in [-0.4, -0.2) is 23.5 Å². The minimum atomic E-state index is 0.134. The van der Waals surface area contributed by atoms with Crippen LogP contribution in [0.5, 0.6) is 0 Å². The van der Waals surface area contributed by atoms with Crippen molar-refractivity contribution in [3.63, 3.8) is 0 Å². The van der Waals surface area contributed by atoms with Crippen molar-refractivity contribution in [1.82, 2.24) is 0 Å². The van der Waals surface area contributed by atoms with Gasteiger partial charge in [0.2, 0.25) is 0 Å². The molecule has 0 aliphatic carbocycles. The first-order chi connectivity index (χ1) is 5.88. The van der Waals surface area contributed by atoms with Crippen molar-refractivity contribution in [1.29, 1.82) is 0 Å². The van der Waals surface area contributed by atoms with Crippen LogP contribution < -0.4 is 0 Å². The highest BCUT2D eigenvalue weighted by Gasteiger charge is 2.21. The topological polar surface area (TPSA) is 18.5 Å². The van der Waals surface area contributed by atoms with Gasteiger partial charge in [0.1, 0.15) is 0 Å². The van der Waals surface area contributed by atoms with Crippen molar-refractivity contribution in [2.24, 2.45) is 0 Å². The normalized spacial score (nSPS) is 21.8. The summed E-state index contributed by atoms with van der Waals surface area (Å²) < 4.78 is 10.8. The van der Waals surface area contributed by atoms with E-state index in [2.05, 4.69) is 22.4 Å². The SMILES string of the molecule is [Si]C(C1=CCCO1)C1=CCCO1. The first kappa shape index (κ1) is 7.92. The van der Waals surface area contributed by atoms with Gasteiger partial charge >= 0.3 is 0 Å². The molecular weight excluding hydrogens is 168 g/mol. The van der Waals surface area contributed by atoms with Gasteiger partial charge in [0.25, 0.3) is 0 Å². The van der Waals surface area contributed by atoms with Crippen LogP contribution in [0.1, 0.15) is 12.8 Å². The van der Waals surface area contributed by atoms with Gasteiger partial charge in [-0.05, 0) is 12.2 Å². The zero-order valence-corrected chi connectivity index (χ0v) is 7.88. The van der Waals surface area contributed by atoms with E-state index >= 15 is 0 Å². The Morgan fingerprint density at radius 1 is 1.08 bits per heavy atom. The molecule has 2 rings (SSSR count). The number of rotatable bonds is 2. The second-order valence-corrected chi connectivity index (χ2v) is 3.50. The fraction of sp³-hybridized carbons (Fsp3) is 0.556. The van der Waals surface area contributed by atoms with E-state index in [9.17, 15) is 0 Å². The molecule has 3 radical (unpaired) electrons. The molecule has 12 heavy (non-hydrogen) atoms. The summed E-state index contributed by atoms with van der Waals surface area (Å²) in [6.45, 7) is 1.62. The molecule has 0 unspecified atom stereocenters. The lowest BCUT2D eigenvalue weighted by Gasteiger charge is -2.13. The van der Waals surface area contributed by atoms with Crippen molar-refractivity contribution in [3.05, 3.63) is 23.7 Å². The first-order valence-electron chi connectivity index (χ1n) is 4.25. The van der Waals surface area contributed by atoms with Crippen LogP contribution in [0.3, 0.4) is 0 Å². The molecule has 0 N–H and O–H groups in total. The molecule has 2 aliphatic rings.